The predicted octanol–water partition coefficient (Wildman–Crippen LogP) is 2.30. The van der Waals surface area contributed by atoms with E-state index in [-0.39, 0.29) is 0 Å². The molecule has 0 bridgehead atoms. The summed E-state index contributed by atoms with van der Waals surface area (Å²) < 4.78 is 3.14. The second kappa shape index (κ2) is 2.73. The Morgan fingerprint density at radius 1 is 1.44 bits per heavy atom. The number of halogens is 2. The maximum absolute atomic E-state index is 4.21. The van der Waals surface area contributed by atoms with Gasteiger partial charge in [0, 0.05) is 0 Å². The Bertz CT molecular complexity index is 207. The molecule has 0 N–H and O–H groups in total. The van der Waals surface area contributed by atoms with Crippen molar-refractivity contribution in [2.24, 2.45) is 0 Å². The Kier molecular flexibility index (Phi) is 2.36. The summed E-state index contributed by atoms with van der Waals surface area (Å²) >= 11 is 4.47. The van der Waals surface area contributed by atoms with Crippen molar-refractivity contribution in [2.75, 3.05) is 0 Å². The molecule has 4 heteroatoms. The first-order valence-corrected chi connectivity index (χ1v) is 4.55. The van der Waals surface area contributed by atoms with Gasteiger partial charge in [-0.25, -0.2) is 2.90 Å². The molecule has 0 atom stereocenters. The topological polar surface area (TPSA) is 17.8 Å². The number of aromatic nitrogens is 2. The Hall–Kier alpha value is 0.670. The van der Waals surface area contributed by atoms with Gasteiger partial charge in [-0.05, 0) is 36.4 Å². The second-order valence-corrected chi connectivity index (χ2v) is 3.84. The van der Waals surface area contributed by atoms with Crippen molar-refractivity contribution in [3.63, 3.8) is 0 Å². The summed E-state index contributed by atoms with van der Waals surface area (Å²) in [6.07, 6.45) is 0. The lowest BCUT2D eigenvalue weighted by Crippen LogP contribution is -1.83. The maximum atomic E-state index is 4.21. The molecule has 1 aromatic rings. The van der Waals surface area contributed by atoms with Crippen LogP contribution in [-0.2, 0) is 0 Å². The van der Waals surface area contributed by atoms with E-state index in [1.54, 1.807) is 0 Å². The van der Waals surface area contributed by atoms with Crippen LogP contribution < -0.4 is 0 Å². The molecule has 0 saturated carbocycles. The summed E-state index contributed by atoms with van der Waals surface area (Å²) in [5.41, 5.74) is 2.34. The van der Waals surface area contributed by atoms with E-state index in [0.717, 1.165) is 5.69 Å². The van der Waals surface area contributed by atoms with Gasteiger partial charge < -0.3 is 0 Å². The lowest BCUT2D eigenvalue weighted by Gasteiger charge is -1.86. The predicted molar refractivity (Wildman–Crippen MR) is 53.8 cm³/mol. The van der Waals surface area contributed by atoms with E-state index in [4.69, 9.17) is 0 Å². The van der Waals surface area contributed by atoms with Gasteiger partial charge in [-0.2, -0.15) is 5.10 Å². The third kappa shape index (κ3) is 1.39. The van der Waals surface area contributed by atoms with Gasteiger partial charge in [0.15, 0.2) is 0 Å². The molecule has 9 heavy (non-hydrogen) atoms. The Balaban J connectivity index is 3.29. The summed E-state index contributed by atoms with van der Waals surface area (Å²) in [6, 6.07) is 0. The molecule has 50 valence electrons. The second-order valence-electron chi connectivity index (χ2n) is 1.84. The minimum Gasteiger partial charge on any atom is -0.207 e. The lowest BCUT2D eigenvalue weighted by atomic mass is 10.4. The zero-order chi connectivity index (χ0) is 7.02. The quantitative estimate of drug-likeness (QED) is 0.658. The van der Waals surface area contributed by atoms with Gasteiger partial charge in [0.1, 0.15) is 0 Å². The maximum Gasteiger partial charge on any atom is 0.0847 e. The molecule has 1 rings (SSSR count). The van der Waals surface area contributed by atoms with E-state index in [0.29, 0.717) is 0 Å². The van der Waals surface area contributed by atoms with Crippen LogP contribution in [0, 0.1) is 17.4 Å². The fourth-order valence-corrected chi connectivity index (χ4v) is 1.96. The lowest BCUT2D eigenvalue weighted by molar-refractivity contribution is 0.986. The number of rotatable bonds is 0. The normalized spacial score (nSPS) is 10.2. The molecule has 0 radical (unpaired) electrons. The van der Waals surface area contributed by atoms with E-state index < -0.39 is 0 Å². The molecule has 0 saturated heterocycles. The zero-order valence-electron chi connectivity index (χ0n) is 5.15. The molecule has 2 nitrogen and oxygen atoms in total. The summed E-state index contributed by atoms with van der Waals surface area (Å²) in [4.78, 5) is 0. The van der Waals surface area contributed by atoms with Gasteiger partial charge in [-0.1, -0.05) is 0 Å². The summed E-state index contributed by atoms with van der Waals surface area (Å²) in [7, 11) is 0. The van der Waals surface area contributed by atoms with Crippen molar-refractivity contribution in [3.8, 4) is 0 Å². The highest BCUT2D eigenvalue weighted by atomic mass is 127. The molecule has 0 aliphatic rings. The Morgan fingerprint density at radius 3 is 2.11 bits per heavy atom. The minimum atomic E-state index is 1.11. The average molecular weight is 348 g/mol. The average Bonchev–Trinajstić information content (AvgIpc) is 1.98. The van der Waals surface area contributed by atoms with Gasteiger partial charge in [-0.3, -0.25) is 0 Å². The minimum absolute atomic E-state index is 1.11. The van der Waals surface area contributed by atoms with Gasteiger partial charge >= 0.3 is 0 Å². The van der Waals surface area contributed by atoms with Crippen molar-refractivity contribution in [2.45, 2.75) is 13.8 Å². The highest BCUT2D eigenvalue weighted by molar-refractivity contribution is 14.1. The summed E-state index contributed by atoms with van der Waals surface area (Å²) in [5, 5.41) is 4.21. The number of hydrogen-bond acceptors (Lipinski definition) is 1. The highest BCUT2D eigenvalue weighted by Gasteiger charge is 2.04. The van der Waals surface area contributed by atoms with Crippen molar-refractivity contribution in [1.29, 1.82) is 0 Å². The molecule has 0 spiro atoms. The summed E-state index contributed by atoms with van der Waals surface area (Å²) in [6.45, 7) is 4.08. The van der Waals surface area contributed by atoms with Crippen molar-refractivity contribution in [1.82, 2.24) is 7.99 Å². The van der Waals surface area contributed by atoms with Gasteiger partial charge in [0.2, 0.25) is 0 Å². The molecule has 0 amide bonds. The molecule has 0 fully saturated rings. The van der Waals surface area contributed by atoms with E-state index in [9.17, 15) is 0 Å². The fraction of sp³-hybridized carbons (Fsp3) is 0.400. The van der Waals surface area contributed by atoms with Gasteiger partial charge in [0.25, 0.3) is 0 Å². The van der Waals surface area contributed by atoms with Gasteiger partial charge in [-0.15, -0.1) is 0 Å². The van der Waals surface area contributed by atoms with Crippen molar-refractivity contribution >= 4 is 45.5 Å². The Morgan fingerprint density at radius 2 is 2.00 bits per heavy atom. The SMILES string of the molecule is Cc1nn(I)c(C)c1I. The number of nitrogens with zero attached hydrogens (tertiary/aromatic N) is 2. The first kappa shape index (κ1) is 7.77. The monoisotopic (exact) mass is 348 g/mol. The molecule has 0 unspecified atom stereocenters. The molecule has 0 aliphatic heterocycles. The van der Waals surface area contributed by atoms with Crippen molar-refractivity contribution in [3.05, 3.63) is 15.0 Å². The third-order valence-corrected chi connectivity index (χ3v) is 3.65. The molecular formula is C5H6I2N2. The van der Waals surface area contributed by atoms with Crippen LogP contribution in [0.15, 0.2) is 0 Å². The van der Waals surface area contributed by atoms with Crippen LogP contribution in [0.2, 0.25) is 0 Å². The van der Waals surface area contributed by atoms with Gasteiger partial charge in [0.05, 0.1) is 37.8 Å². The smallest absolute Gasteiger partial charge is 0.0847 e. The first-order chi connectivity index (χ1) is 4.13. The largest absolute Gasteiger partial charge is 0.207 e. The zero-order valence-corrected chi connectivity index (χ0v) is 9.47. The van der Waals surface area contributed by atoms with E-state index >= 15 is 0 Å². The Labute approximate surface area is 81.6 Å². The van der Waals surface area contributed by atoms with Crippen molar-refractivity contribution < 1.29 is 0 Å². The molecule has 1 aromatic heterocycles. The van der Waals surface area contributed by atoms with Crippen LogP contribution in [0.3, 0.4) is 0 Å². The third-order valence-electron chi connectivity index (χ3n) is 1.15. The number of hydrogen-bond donors (Lipinski definition) is 0. The van der Waals surface area contributed by atoms with Crippen LogP contribution in [0.1, 0.15) is 11.4 Å². The van der Waals surface area contributed by atoms with Crippen LogP contribution in [0.25, 0.3) is 0 Å². The highest BCUT2D eigenvalue weighted by Crippen LogP contribution is 2.16. The molecule has 1 heterocycles. The number of aryl methyl sites for hydroxylation is 1. The molecular weight excluding hydrogens is 342 g/mol. The first-order valence-electron chi connectivity index (χ1n) is 2.51. The van der Waals surface area contributed by atoms with Crippen LogP contribution in [0.5, 0.6) is 0 Å². The van der Waals surface area contributed by atoms with E-state index in [1.165, 1.54) is 9.26 Å². The fourth-order valence-electron chi connectivity index (χ4n) is 0.593. The summed E-state index contributed by atoms with van der Waals surface area (Å²) in [5.74, 6) is 0. The van der Waals surface area contributed by atoms with E-state index in [2.05, 4.69) is 57.5 Å². The van der Waals surface area contributed by atoms with Crippen LogP contribution >= 0.6 is 45.5 Å². The molecule has 0 aromatic carbocycles. The van der Waals surface area contributed by atoms with E-state index in [1.807, 2.05) is 9.82 Å². The molecule has 0 aliphatic carbocycles. The van der Waals surface area contributed by atoms with Crippen LogP contribution in [-0.4, -0.2) is 7.99 Å². The van der Waals surface area contributed by atoms with Crippen LogP contribution in [0.4, 0.5) is 0 Å². The standard InChI is InChI=1S/C5H6I2N2/c1-3-5(6)4(2)9(7)8-3/h1-2H3.